The fraction of sp³-hybridized carbons (Fsp3) is 0.517. The summed E-state index contributed by atoms with van der Waals surface area (Å²) in [6.45, 7) is 12.2. The Morgan fingerprint density at radius 2 is 1.01 bits per heavy atom. The zero-order chi connectivity index (χ0) is 62.7. The number of amides is 7. The summed E-state index contributed by atoms with van der Waals surface area (Å²) in [7, 11) is 3.47. The van der Waals surface area contributed by atoms with Crippen molar-refractivity contribution in [3.05, 3.63) is 93.7 Å². The summed E-state index contributed by atoms with van der Waals surface area (Å²) in [5.74, 6) is -4.06. The molecule has 0 unspecified atom stereocenters. The first-order chi connectivity index (χ1) is 41.8. The van der Waals surface area contributed by atoms with Gasteiger partial charge in [0.2, 0.25) is 40.8 Å². The fourth-order valence-electron chi connectivity index (χ4n) is 10.1. The van der Waals surface area contributed by atoms with E-state index in [-0.39, 0.29) is 119 Å². The molecule has 1 aliphatic rings. The number of carboxylic acids is 1. The van der Waals surface area contributed by atoms with E-state index in [1.165, 1.54) is 0 Å². The SMILES string of the molecule is CCn1nc(C)cc1C(=O)N=c1n(C)c2cc(C(N)=O)ccc2n1CCC(CCn1c(=NC(=O)c2cc(C)nn2CC)n(C)c2cc(C(N)=O)ccc21)OCC(=O)NCCOCCOCCOCCOCCC(=O)N1CCN(C(=O)CCC(=O)O)CC1. The molecule has 5 heterocycles. The normalized spacial score (nSPS) is 13.5. The minimum atomic E-state index is -1.02. The lowest BCUT2D eigenvalue weighted by molar-refractivity contribution is -0.143. The lowest BCUT2D eigenvalue weighted by Gasteiger charge is -2.34. The molecule has 29 heteroatoms. The van der Waals surface area contributed by atoms with Crippen LogP contribution in [0.3, 0.4) is 0 Å². The summed E-state index contributed by atoms with van der Waals surface area (Å²) in [4.78, 5) is 114. The number of primary amides is 2. The highest BCUT2D eigenvalue weighted by Gasteiger charge is 2.25. The van der Waals surface area contributed by atoms with E-state index in [1.54, 1.807) is 105 Å². The predicted molar refractivity (Wildman–Crippen MR) is 314 cm³/mol. The van der Waals surface area contributed by atoms with E-state index in [2.05, 4.69) is 25.5 Å². The van der Waals surface area contributed by atoms with Crippen molar-refractivity contribution in [2.45, 2.75) is 92.1 Å². The van der Waals surface area contributed by atoms with E-state index in [9.17, 15) is 38.4 Å². The number of ether oxygens (including phenoxy) is 5. The largest absolute Gasteiger partial charge is 0.481 e. The van der Waals surface area contributed by atoms with Crippen LogP contribution in [0.5, 0.6) is 0 Å². The summed E-state index contributed by atoms with van der Waals surface area (Å²) in [6.07, 6.45) is -0.198. The Balaban J connectivity index is 0.949. The van der Waals surface area contributed by atoms with Gasteiger partial charge in [0.25, 0.3) is 11.8 Å². The zero-order valence-corrected chi connectivity index (χ0v) is 50.2. The molecule has 1 aliphatic heterocycles. The fourth-order valence-corrected chi connectivity index (χ4v) is 10.1. The van der Waals surface area contributed by atoms with Crippen LogP contribution in [-0.2, 0) is 83.1 Å². The zero-order valence-electron chi connectivity index (χ0n) is 50.2. The number of aryl methyl sites for hydroxylation is 8. The number of nitrogens with zero attached hydrogens (tertiary/aromatic N) is 12. The Kier molecular flexibility index (Phi) is 24.0. The van der Waals surface area contributed by atoms with Crippen molar-refractivity contribution in [2.75, 3.05) is 92.2 Å². The van der Waals surface area contributed by atoms with Gasteiger partial charge < -0.3 is 73.6 Å². The molecule has 6 aromatic rings. The average Bonchev–Trinajstić information content (AvgIpc) is 1.74. The lowest BCUT2D eigenvalue weighted by atomic mass is 10.1. The minimum Gasteiger partial charge on any atom is -0.481 e. The van der Waals surface area contributed by atoms with Gasteiger partial charge in [0.05, 0.1) is 105 Å². The Hall–Kier alpha value is -8.64. The van der Waals surface area contributed by atoms with Crippen LogP contribution in [0.1, 0.15) is 99.0 Å². The third-order valence-electron chi connectivity index (χ3n) is 14.6. The standard InChI is InChI=1S/C58H79N15O14/c1-7-72-47(33-38(3)64-72)55(81)62-57-66(5)45-35-40(53(59)79)9-11-43(45)70(57)19-15-42(16-20-71-44-12-10-41(54(60)80)36-46(44)67(6)58(71)63-56(82)48-34-39(4)65-73(48)8-2)87-37-49(74)61-18-26-84-28-30-86-32-31-85-29-27-83-25-17-51(76)69-23-21-68(22-24-69)50(75)13-14-52(77)78/h9-12,33-36,42H,7-8,13-32,37H2,1-6H3,(H2,59,79)(H2,60,80)(H,61,74)(H,77,78). The number of carboxylic acid groups (broad SMARTS) is 1. The van der Waals surface area contributed by atoms with Gasteiger partial charge in [-0.2, -0.15) is 20.2 Å². The number of carbonyl (C=O) groups excluding carboxylic acids is 7. The van der Waals surface area contributed by atoms with Crippen LogP contribution >= 0.6 is 0 Å². The number of nitrogens with two attached hydrogens (primary N) is 2. The average molecular weight is 1210 g/mol. The summed E-state index contributed by atoms with van der Waals surface area (Å²) in [5.41, 5.74) is 16.8. The van der Waals surface area contributed by atoms with Crippen LogP contribution in [-0.4, -0.2) is 198 Å². The van der Waals surface area contributed by atoms with Crippen molar-refractivity contribution in [1.82, 2.24) is 52.9 Å². The monoisotopic (exact) mass is 1210 g/mol. The van der Waals surface area contributed by atoms with E-state index >= 15 is 0 Å². The Morgan fingerprint density at radius 3 is 1.44 bits per heavy atom. The van der Waals surface area contributed by atoms with Gasteiger partial charge in [0, 0.05) is 90.5 Å². The number of hydrogen-bond acceptors (Lipinski definition) is 15. The van der Waals surface area contributed by atoms with Gasteiger partial charge in [-0.15, -0.1) is 0 Å². The number of hydrogen-bond donors (Lipinski definition) is 4. The third kappa shape index (κ3) is 17.7. The number of fused-ring (bicyclic) bond motifs is 2. The van der Waals surface area contributed by atoms with Crippen LogP contribution in [0.2, 0.25) is 0 Å². The first-order valence-electron chi connectivity index (χ1n) is 29.0. The number of imidazole rings is 2. The molecule has 0 bridgehead atoms. The second kappa shape index (κ2) is 31.7. The van der Waals surface area contributed by atoms with Crippen molar-refractivity contribution < 1.29 is 67.1 Å². The highest BCUT2D eigenvalue weighted by atomic mass is 16.6. The summed E-state index contributed by atoms with van der Waals surface area (Å²) in [5, 5.41) is 20.5. The van der Waals surface area contributed by atoms with E-state index in [1.807, 2.05) is 23.0 Å². The number of benzene rings is 2. The molecule has 7 rings (SSSR count). The van der Waals surface area contributed by atoms with Crippen LogP contribution in [0, 0.1) is 13.8 Å². The molecule has 1 saturated heterocycles. The van der Waals surface area contributed by atoms with Crippen LogP contribution in [0.25, 0.3) is 22.1 Å². The highest BCUT2D eigenvalue weighted by Crippen LogP contribution is 2.21. The maximum Gasteiger partial charge on any atom is 0.303 e. The van der Waals surface area contributed by atoms with E-state index in [0.29, 0.717) is 111 Å². The molecule has 0 aliphatic carbocycles. The Bertz CT molecular complexity index is 3420. The molecule has 1 fully saturated rings. The number of rotatable bonds is 33. The van der Waals surface area contributed by atoms with Gasteiger partial charge >= 0.3 is 5.97 Å². The van der Waals surface area contributed by atoms with Crippen LogP contribution < -0.4 is 28.0 Å². The molecule has 87 heavy (non-hydrogen) atoms. The molecule has 0 spiro atoms. The van der Waals surface area contributed by atoms with Gasteiger partial charge in [-0.3, -0.25) is 47.7 Å². The van der Waals surface area contributed by atoms with Gasteiger partial charge in [0.15, 0.2) is 0 Å². The van der Waals surface area contributed by atoms with E-state index < -0.39 is 41.6 Å². The molecule has 7 amide bonds. The van der Waals surface area contributed by atoms with Crippen LogP contribution in [0.4, 0.5) is 0 Å². The van der Waals surface area contributed by atoms with E-state index in [4.69, 9.17) is 40.3 Å². The van der Waals surface area contributed by atoms with Crippen molar-refractivity contribution >= 4 is 69.4 Å². The number of aromatic nitrogens is 8. The Morgan fingerprint density at radius 1 is 0.586 bits per heavy atom. The number of nitrogens with one attached hydrogen (secondary N) is 1. The van der Waals surface area contributed by atoms with Crippen LogP contribution in [0.15, 0.2) is 58.5 Å². The third-order valence-corrected chi connectivity index (χ3v) is 14.6. The quantitative estimate of drug-likeness (QED) is 0.0417. The molecule has 29 nitrogen and oxygen atoms in total. The topological polar surface area (TPSA) is 354 Å². The molecule has 2 aromatic carbocycles. The number of carbonyl (C=O) groups is 8. The smallest absolute Gasteiger partial charge is 0.303 e. The molecule has 0 radical (unpaired) electrons. The van der Waals surface area contributed by atoms with Crippen molar-refractivity contribution in [3.8, 4) is 0 Å². The highest BCUT2D eigenvalue weighted by molar-refractivity contribution is 5.98. The van der Waals surface area contributed by atoms with E-state index in [0.717, 1.165) is 0 Å². The van der Waals surface area contributed by atoms with Gasteiger partial charge in [-0.1, -0.05) is 0 Å². The van der Waals surface area contributed by atoms with Gasteiger partial charge in [-0.05, 0) is 89.1 Å². The van der Waals surface area contributed by atoms with Crippen molar-refractivity contribution in [3.63, 3.8) is 0 Å². The van der Waals surface area contributed by atoms with Crippen molar-refractivity contribution in [1.29, 1.82) is 0 Å². The second-order valence-corrected chi connectivity index (χ2v) is 20.7. The molecule has 0 saturated carbocycles. The number of piperazine rings is 1. The molecular formula is C58H79N15O14. The first kappa shape index (κ1) is 65.9. The maximum atomic E-state index is 14.0. The summed E-state index contributed by atoms with van der Waals surface area (Å²) >= 11 is 0. The molecule has 4 aromatic heterocycles. The predicted octanol–water partition coefficient (Wildman–Crippen LogP) is 0.977. The summed E-state index contributed by atoms with van der Waals surface area (Å²) < 4.78 is 39.1. The summed E-state index contributed by atoms with van der Waals surface area (Å²) in [6, 6.07) is 13.3. The van der Waals surface area contributed by atoms with Gasteiger partial charge in [0.1, 0.15) is 18.0 Å². The Labute approximate surface area is 501 Å². The molecular weight excluding hydrogens is 1130 g/mol. The minimum absolute atomic E-state index is 0.0559. The molecule has 0 atom stereocenters. The van der Waals surface area contributed by atoms with Crippen molar-refractivity contribution in [2.24, 2.45) is 35.5 Å². The first-order valence-corrected chi connectivity index (χ1v) is 29.0. The lowest BCUT2D eigenvalue weighted by Crippen LogP contribution is -2.50. The maximum absolute atomic E-state index is 14.0. The number of aliphatic carboxylic acids is 1. The molecule has 6 N–H and O–H groups in total. The van der Waals surface area contributed by atoms with Gasteiger partial charge in [-0.25, -0.2) is 0 Å². The second-order valence-electron chi connectivity index (χ2n) is 20.7. The molecule has 470 valence electrons.